The van der Waals surface area contributed by atoms with Gasteiger partial charge in [0.15, 0.2) is 0 Å². The Morgan fingerprint density at radius 2 is 2.31 bits per heavy atom. The predicted molar refractivity (Wildman–Crippen MR) is 65.9 cm³/mol. The Kier molecular flexibility index (Phi) is 3.80. The molecule has 3 nitrogen and oxygen atoms in total. The third-order valence-electron chi connectivity index (χ3n) is 2.92. The van der Waals surface area contributed by atoms with E-state index in [1.807, 2.05) is 7.05 Å². The van der Waals surface area contributed by atoms with Gasteiger partial charge in [-0.1, -0.05) is 12.1 Å². The maximum atomic E-state index is 5.49. The first-order valence-corrected chi connectivity index (χ1v) is 5.92. The zero-order valence-electron chi connectivity index (χ0n) is 10.0. The fraction of sp³-hybridized carbons (Fsp3) is 0.538. The van der Waals surface area contributed by atoms with Crippen LogP contribution >= 0.6 is 0 Å². The Hall–Kier alpha value is -1.06. The summed E-state index contributed by atoms with van der Waals surface area (Å²) in [6, 6.07) is 6.97. The fourth-order valence-corrected chi connectivity index (χ4v) is 2.02. The van der Waals surface area contributed by atoms with Crippen LogP contribution in [0.2, 0.25) is 0 Å². The van der Waals surface area contributed by atoms with Crippen LogP contribution < -0.4 is 15.4 Å². The minimum absolute atomic E-state index is 0.495. The van der Waals surface area contributed by atoms with Gasteiger partial charge in [0.25, 0.3) is 0 Å². The van der Waals surface area contributed by atoms with Crippen LogP contribution in [0.5, 0.6) is 5.75 Å². The average molecular weight is 220 g/mol. The first-order chi connectivity index (χ1) is 7.79. The molecular weight excluding hydrogens is 200 g/mol. The summed E-state index contributed by atoms with van der Waals surface area (Å²) in [6.45, 7) is 4.94. The van der Waals surface area contributed by atoms with Gasteiger partial charge in [0.1, 0.15) is 5.75 Å². The van der Waals surface area contributed by atoms with Crippen LogP contribution in [-0.2, 0) is 13.0 Å². The summed E-state index contributed by atoms with van der Waals surface area (Å²) in [7, 11) is 1.98. The highest BCUT2D eigenvalue weighted by Gasteiger charge is 2.11. The van der Waals surface area contributed by atoms with E-state index >= 15 is 0 Å². The SMILES string of the molecule is CNCC(C)NCc1ccc2c(c1)CCO2. The molecule has 3 heteroatoms. The standard InChI is InChI=1S/C13H20N2O/c1-10(8-14-2)15-9-11-3-4-13-12(7-11)5-6-16-13/h3-4,7,10,14-15H,5-6,8-9H2,1-2H3. The average Bonchev–Trinajstić information content (AvgIpc) is 2.74. The van der Waals surface area contributed by atoms with Gasteiger partial charge in [0, 0.05) is 25.6 Å². The van der Waals surface area contributed by atoms with Crippen molar-refractivity contribution in [2.45, 2.75) is 25.9 Å². The van der Waals surface area contributed by atoms with Gasteiger partial charge < -0.3 is 15.4 Å². The number of hydrogen-bond donors (Lipinski definition) is 2. The van der Waals surface area contributed by atoms with Crippen molar-refractivity contribution in [1.29, 1.82) is 0 Å². The third kappa shape index (κ3) is 2.74. The zero-order valence-corrected chi connectivity index (χ0v) is 10.0. The summed E-state index contributed by atoms with van der Waals surface area (Å²) < 4.78 is 5.49. The Labute approximate surface area is 97.2 Å². The molecule has 0 fully saturated rings. The smallest absolute Gasteiger partial charge is 0.122 e. The number of ether oxygens (including phenoxy) is 1. The van der Waals surface area contributed by atoms with Crippen molar-refractivity contribution >= 4 is 0 Å². The lowest BCUT2D eigenvalue weighted by atomic mass is 10.1. The molecule has 88 valence electrons. The topological polar surface area (TPSA) is 33.3 Å². The second-order valence-corrected chi connectivity index (χ2v) is 4.38. The largest absolute Gasteiger partial charge is 0.493 e. The van der Waals surface area contributed by atoms with Crippen LogP contribution in [0.25, 0.3) is 0 Å². The molecular formula is C13H20N2O. The number of nitrogens with one attached hydrogen (secondary N) is 2. The summed E-state index contributed by atoms with van der Waals surface area (Å²) >= 11 is 0. The van der Waals surface area contributed by atoms with E-state index in [-0.39, 0.29) is 0 Å². The van der Waals surface area contributed by atoms with E-state index in [2.05, 4.69) is 35.8 Å². The minimum atomic E-state index is 0.495. The molecule has 0 amide bonds. The molecule has 0 saturated carbocycles. The maximum Gasteiger partial charge on any atom is 0.122 e. The van der Waals surface area contributed by atoms with Crippen molar-refractivity contribution < 1.29 is 4.74 Å². The molecule has 0 saturated heterocycles. The highest BCUT2D eigenvalue weighted by Crippen LogP contribution is 2.25. The third-order valence-corrected chi connectivity index (χ3v) is 2.92. The lowest BCUT2D eigenvalue weighted by molar-refractivity contribution is 0.357. The Bertz CT molecular complexity index is 352. The van der Waals surface area contributed by atoms with Gasteiger partial charge in [0.2, 0.25) is 0 Å². The van der Waals surface area contributed by atoms with Crippen LogP contribution in [0.15, 0.2) is 18.2 Å². The molecule has 0 bridgehead atoms. The van der Waals surface area contributed by atoms with E-state index in [0.29, 0.717) is 6.04 Å². The van der Waals surface area contributed by atoms with Crippen LogP contribution in [0.4, 0.5) is 0 Å². The zero-order chi connectivity index (χ0) is 11.4. The molecule has 1 atom stereocenters. The van der Waals surface area contributed by atoms with Crippen LogP contribution in [0.3, 0.4) is 0 Å². The molecule has 0 aliphatic carbocycles. The quantitative estimate of drug-likeness (QED) is 0.785. The fourth-order valence-electron chi connectivity index (χ4n) is 2.02. The van der Waals surface area contributed by atoms with Crippen LogP contribution in [0.1, 0.15) is 18.1 Å². The first-order valence-electron chi connectivity index (χ1n) is 5.92. The summed E-state index contributed by atoms with van der Waals surface area (Å²) in [5.74, 6) is 1.06. The summed E-state index contributed by atoms with van der Waals surface area (Å²) in [4.78, 5) is 0. The molecule has 0 aromatic heterocycles. The molecule has 16 heavy (non-hydrogen) atoms. The monoisotopic (exact) mass is 220 g/mol. The first kappa shape index (κ1) is 11.4. The van der Waals surface area contributed by atoms with Crippen molar-refractivity contribution in [2.24, 2.45) is 0 Å². The van der Waals surface area contributed by atoms with E-state index in [4.69, 9.17) is 4.74 Å². The molecule has 2 rings (SSSR count). The second-order valence-electron chi connectivity index (χ2n) is 4.38. The van der Waals surface area contributed by atoms with Crippen molar-refractivity contribution in [3.63, 3.8) is 0 Å². The van der Waals surface area contributed by atoms with Gasteiger partial charge in [-0.05, 0) is 31.2 Å². The van der Waals surface area contributed by atoms with E-state index < -0.39 is 0 Å². The van der Waals surface area contributed by atoms with Gasteiger partial charge in [-0.3, -0.25) is 0 Å². The van der Waals surface area contributed by atoms with Gasteiger partial charge >= 0.3 is 0 Å². The van der Waals surface area contributed by atoms with Crippen molar-refractivity contribution in [2.75, 3.05) is 20.2 Å². The number of benzene rings is 1. The normalized spacial score (nSPS) is 15.6. The molecule has 1 aromatic carbocycles. The Morgan fingerprint density at radius 1 is 1.44 bits per heavy atom. The van der Waals surface area contributed by atoms with Gasteiger partial charge in [-0.25, -0.2) is 0 Å². The van der Waals surface area contributed by atoms with E-state index in [9.17, 15) is 0 Å². The molecule has 1 aromatic rings. The van der Waals surface area contributed by atoms with Crippen molar-refractivity contribution in [1.82, 2.24) is 10.6 Å². The summed E-state index contributed by atoms with van der Waals surface area (Å²) in [5.41, 5.74) is 2.69. The molecule has 1 aliphatic heterocycles. The Morgan fingerprint density at radius 3 is 3.12 bits per heavy atom. The maximum absolute atomic E-state index is 5.49. The lowest BCUT2D eigenvalue weighted by Gasteiger charge is -2.13. The second kappa shape index (κ2) is 5.32. The molecule has 0 radical (unpaired) electrons. The number of likely N-dealkylation sites (N-methyl/N-ethyl adjacent to an activating group) is 1. The van der Waals surface area contributed by atoms with Crippen molar-refractivity contribution in [3.05, 3.63) is 29.3 Å². The number of fused-ring (bicyclic) bond motifs is 1. The van der Waals surface area contributed by atoms with Gasteiger partial charge in [-0.15, -0.1) is 0 Å². The summed E-state index contributed by atoms with van der Waals surface area (Å²) in [6.07, 6.45) is 1.05. The lowest BCUT2D eigenvalue weighted by Crippen LogP contribution is -2.34. The van der Waals surface area contributed by atoms with Gasteiger partial charge in [0.05, 0.1) is 6.61 Å². The molecule has 1 aliphatic rings. The van der Waals surface area contributed by atoms with Crippen LogP contribution in [-0.4, -0.2) is 26.2 Å². The number of rotatable bonds is 5. The molecule has 0 spiro atoms. The van der Waals surface area contributed by atoms with E-state index in [1.165, 1.54) is 11.1 Å². The van der Waals surface area contributed by atoms with Crippen LogP contribution in [0, 0.1) is 0 Å². The molecule has 1 unspecified atom stereocenters. The molecule has 1 heterocycles. The summed E-state index contributed by atoms with van der Waals surface area (Å²) in [5, 5.41) is 6.65. The van der Waals surface area contributed by atoms with Crippen molar-refractivity contribution in [3.8, 4) is 5.75 Å². The predicted octanol–water partition coefficient (Wildman–Crippen LogP) is 1.32. The number of hydrogen-bond acceptors (Lipinski definition) is 3. The Balaban J connectivity index is 1.90. The molecule has 2 N–H and O–H groups in total. The highest BCUT2D eigenvalue weighted by atomic mass is 16.5. The van der Waals surface area contributed by atoms with E-state index in [1.54, 1.807) is 0 Å². The minimum Gasteiger partial charge on any atom is -0.493 e. The van der Waals surface area contributed by atoms with E-state index in [0.717, 1.165) is 31.9 Å². The highest BCUT2D eigenvalue weighted by molar-refractivity contribution is 5.39. The van der Waals surface area contributed by atoms with Gasteiger partial charge in [-0.2, -0.15) is 0 Å².